The molecular weight excluding hydrogens is 436 g/mol. The molecule has 0 aliphatic rings. The molecule has 3 aromatic rings. The predicted molar refractivity (Wildman–Crippen MR) is 121 cm³/mol. The number of sulfonamides is 1. The number of carbonyl (C=O) groups excluding carboxylic acids is 1. The van der Waals surface area contributed by atoms with Crippen LogP contribution < -0.4 is 10.0 Å². The number of hydrogen-bond acceptors (Lipinski definition) is 5. The molecule has 0 aromatic heterocycles. The van der Waals surface area contributed by atoms with Crippen LogP contribution in [0.2, 0.25) is 0 Å². The molecule has 0 saturated carbocycles. The number of anilines is 2. The smallest absolute Gasteiger partial charge is 0.262 e. The van der Waals surface area contributed by atoms with Crippen molar-refractivity contribution < 1.29 is 21.6 Å². The van der Waals surface area contributed by atoms with Gasteiger partial charge in [0.15, 0.2) is 9.84 Å². The summed E-state index contributed by atoms with van der Waals surface area (Å²) < 4.78 is 51.9. The molecule has 0 radical (unpaired) electrons. The third-order valence-electron chi connectivity index (χ3n) is 4.57. The van der Waals surface area contributed by atoms with E-state index in [9.17, 15) is 21.6 Å². The Hall–Kier alpha value is -3.17. The van der Waals surface area contributed by atoms with Crippen LogP contribution in [0, 0.1) is 13.8 Å². The van der Waals surface area contributed by atoms with Gasteiger partial charge in [0.2, 0.25) is 0 Å². The van der Waals surface area contributed by atoms with Gasteiger partial charge in [0.05, 0.1) is 21.0 Å². The van der Waals surface area contributed by atoms with E-state index < -0.39 is 25.8 Å². The minimum absolute atomic E-state index is 0.0641. The van der Waals surface area contributed by atoms with E-state index in [0.29, 0.717) is 5.56 Å². The zero-order valence-electron chi connectivity index (χ0n) is 17.2. The maximum Gasteiger partial charge on any atom is 0.262 e. The summed E-state index contributed by atoms with van der Waals surface area (Å²) in [6.07, 6.45) is 1.07. The van der Waals surface area contributed by atoms with Gasteiger partial charge in [-0.3, -0.25) is 9.52 Å². The maximum atomic E-state index is 13.0. The van der Waals surface area contributed by atoms with Gasteiger partial charge in [-0.15, -0.1) is 0 Å². The molecule has 9 heteroatoms. The van der Waals surface area contributed by atoms with Crippen LogP contribution >= 0.6 is 0 Å². The first-order valence-corrected chi connectivity index (χ1v) is 12.7. The molecule has 0 spiro atoms. The van der Waals surface area contributed by atoms with Crippen molar-refractivity contribution in [1.82, 2.24) is 0 Å². The molecule has 0 saturated heterocycles. The summed E-state index contributed by atoms with van der Waals surface area (Å²) in [6, 6.07) is 17.1. The molecule has 31 heavy (non-hydrogen) atoms. The van der Waals surface area contributed by atoms with E-state index >= 15 is 0 Å². The Bertz CT molecular complexity index is 1360. The van der Waals surface area contributed by atoms with Crippen LogP contribution in [-0.4, -0.2) is 29.0 Å². The first-order chi connectivity index (χ1) is 14.5. The van der Waals surface area contributed by atoms with Gasteiger partial charge in [-0.1, -0.05) is 30.3 Å². The standard InChI is InChI=1S/C22H22N2O5S2/c1-15-11-12-16(2)21(13-15)31(28,29)24-20-10-5-4-9-19(20)22(25)23-17-7-6-8-18(14-17)30(3,26)27/h4-14,24H,1-3H3,(H,23,25). The van der Waals surface area contributed by atoms with Gasteiger partial charge in [0.1, 0.15) is 0 Å². The molecule has 0 aliphatic heterocycles. The Morgan fingerprint density at radius 3 is 2.26 bits per heavy atom. The van der Waals surface area contributed by atoms with Gasteiger partial charge in [0.25, 0.3) is 15.9 Å². The second-order valence-electron chi connectivity index (χ2n) is 7.17. The Kier molecular flexibility index (Phi) is 6.19. The summed E-state index contributed by atoms with van der Waals surface area (Å²) >= 11 is 0. The molecule has 162 valence electrons. The highest BCUT2D eigenvalue weighted by molar-refractivity contribution is 7.92. The summed E-state index contributed by atoms with van der Waals surface area (Å²) in [6.45, 7) is 3.49. The maximum absolute atomic E-state index is 13.0. The lowest BCUT2D eigenvalue weighted by atomic mass is 10.1. The number of benzene rings is 3. The number of para-hydroxylation sites is 1. The van der Waals surface area contributed by atoms with E-state index in [1.54, 1.807) is 44.2 Å². The first kappa shape index (κ1) is 22.5. The van der Waals surface area contributed by atoms with Crippen LogP contribution in [0.4, 0.5) is 11.4 Å². The average molecular weight is 459 g/mol. The quantitative estimate of drug-likeness (QED) is 0.585. The molecule has 7 nitrogen and oxygen atoms in total. The van der Waals surface area contributed by atoms with Crippen LogP contribution in [0.1, 0.15) is 21.5 Å². The van der Waals surface area contributed by atoms with Crippen molar-refractivity contribution >= 4 is 37.1 Å². The molecular formula is C22H22N2O5S2. The monoisotopic (exact) mass is 458 g/mol. The zero-order chi connectivity index (χ0) is 22.8. The largest absolute Gasteiger partial charge is 0.322 e. The Balaban J connectivity index is 1.92. The number of nitrogens with one attached hydrogen (secondary N) is 2. The van der Waals surface area contributed by atoms with Gasteiger partial charge in [-0.05, 0) is 61.4 Å². The molecule has 3 aromatic carbocycles. The highest BCUT2D eigenvalue weighted by Crippen LogP contribution is 2.24. The fraction of sp³-hybridized carbons (Fsp3) is 0.136. The number of hydrogen-bond donors (Lipinski definition) is 2. The molecule has 0 atom stereocenters. The van der Waals surface area contributed by atoms with Gasteiger partial charge in [-0.25, -0.2) is 16.8 Å². The fourth-order valence-corrected chi connectivity index (χ4v) is 5.05. The first-order valence-electron chi connectivity index (χ1n) is 9.28. The summed E-state index contributed by atoms with van der Waals surface area (Å²) in [5.74, 6) is -0.579. The molecule has 3 rings (SSSR count). The third-order valence-corrected chi connectivity index (χ3v) is 7.19. The van der Waals surface area contributed by atoms with Crippen molar-refractivity contribution in [3.8, 4) is 0 Å². The van der Waals surface area contributed by atoms with E-state index in [0.717, 1.165) is 11.8 Å². The van der Waals surface area contributed by atoms with E-state index in [4.69, 9.17) is 0 Å². The van der Waals surface area contributed by atoms with Crippen molar-refractivity contribution in [3.05, 3.63) is 83.4 Å². The van der Waals surface area contributed by atoms with Crippen molar-refractivity contribution in [2.45, 2.75) is 23.6 Å². The van der Waals surface area contributed by atoms with Crippen LogP contribution in [0.5, 0.6) is 0 Å². The second-order valence-corrected chi connectivity index (χ2v) is 10.8. The second kappa shape index (κ2) is 8.52. The average Bonchev–Trinajstić information content (AvgIpc) is 2.69. The Morgan fingerprint density at radius 2 is 1.55 bits per heavy atom. The molecule has 0 bridgehead atoms. The van der Waals surface area contributed by atoms with Crippen LogP contribution in [0.15, 0.2) is 76.5 Å². The van der Waals surface area contributed by atoms with Crippen LogP contribution in [0.25, 0.3) is 0 Å². The topological polar surface area (TPSA) is 109 Å². The number of rotatable bonds is 6. The summed E-state index contributed by atoms with van der Waals surface area (Å²) in [7, 11) is -7.37. The molecule has 2 N–H and O–H groups in total. The van der Waals surface area contributed by atoms with Gasteiger partial charge in [0, 0.05) is 11.9 Å². The van der Waals surface area contributed by atoms with Gasteiger partial charge < -0.3 is 5.32 Å². The van der Waals surface area contributed by atoms with Crippen LogP contribution in [-0.2, 0) is 19.9 Å². The summed E-state index contributed by atoms with van der Waals surface area (Å²) in [4.78, 5) is 13.0. The van der Waals surface area contributed by atoms with Crippen molar-refractivity contribution in [3.63, 3.8) is 0 Å². The normalized spacial score (nSPS) is 11.7. The lowest BCUT2D eigenvalue weighted by Crippen LogP contribution is -2.19. The summed E-state index contributed by atoms with van der Waals surface area (Å²) in [5, 5.41) is 2.62. The predicted octanol–water partition coefficient (Wildman–Crippen LogP) is 3.76. The molecule has 0 aliphatic carbocycles. The van der Waals surface area contributed by atoms with Crippen molar-refractivity contribution in [2.24, 2.45) is 0 Å². The number of aryl methyl sites for hydroxylation is 2. The minimum Gasteiger partial charge on any atom is -0.322 e. The number of carbonyl (C=O) groups is 1. The van der Waals surface area contributed by atoms with Crippen molar-refractivity contribution in [1.29, 1.82) is 0 Å². The highest BCUT2D eigenvalue weighted by Gasteiger charge is 2.21. The summed E-state index contributed by atoms with van der Waals surface area (Å²) in [5.41, 5.74) is 1.86. The lowest BCUT2D eigenvalue weighted by Gasteiger charge is -2.14. The molecule has 0 unspecified atom stereocenters. The molecule has 0 fully saturated rings. The van der Waals surface area contributed by atoms with E-state index in [2.05, 4.69) is 10.0 Å². The lowest BCUT2D eigenvalue weighted by molar-refractivity contribution is 0.102. The molecule has 0 heterocycles. The van der Waals surface area contributed by atoms with Gasteiger partial charge in [-0.2, -0.15) is 0 Å². The number of amides is 1. The minimum atomic E-state index is -3.93. The van der Waals surface area contributed by atoms with E-state index in [1.807, 2.05) is 6.07 Å². The van der Waals surface area contributed by atoms with Gasteiger partial charge >= 0.3 is 0 Å². The van der Waals surface area contributed by atoms with E-state index in [1.165, 1.54) is 30.3 Å². The SMILES string of the molecule is Cc1ccc(C)c(S(=O)(=O)Nc2ccccc2C(=O)Nc2cccc(S(C)(=O)=O)c2)c1. The highest BCUT2D eigenvalue weighted by atomic mass is 32.2. The number of sulfone groups is 1. The fourth-order valence-electron chi connectivity index (χ4n) is 2.97. The Labute approximate surface area is 182 Å². The Morgan fingerprint density at radius 1 is 0.839 bits per heavy atom. The molecule has 1 amide bonds. The zero-order valence-corrected chi connectivity index (χ0v) is 18.8. The van der Waals surface area contributed by atoms with Crippen molar-refractivity contribution in [2.75, 3.05) is 16.3 Å². The van der Waals surface area contributed by atoms with E-state index in [-0.39, 0.29) is 26.7 Å². The third kappa shape index (κ3) is 5.31. The van der Waals surface area contributed by atoms with Crippen LogP contribution in [0.3, 0.4) is 0 Å².